The van der Waals surface area contributed by atoms with Crippen molar-refractivity contribution in [1.29, 1.82) is 0 Å². The van der Waals surface area contributed by atoms with Crippen molar-refractivity contribution in [3.8, 4) is 0 Å². The monoisotopic (exact) mass is 586 g/mol. The van der Waals surface area contributed by atoms with E-state index in [0.717, 1.165) is 0 Å². The van der Waals surface area contributed by atoms with Gasteiger partial charge in [-0.3, -0.25) is 0 Å². The fraction of sp³-hybridized carbons (Fsp3) is 0.333. The van der Waals surface area contributed by atoms with Gasteiger partial charge in [0.05, 0.1) is 0 Å². The van der Waals surface area contributed by atoms with Gasteiger partial charge < -0.3 is 37.2 Å². The van der Waals surface area contributed by atoms with Crippen LogP contribution in [-0.2, 0) is 25.9 Å². The van der Waals surface area contributed by atoms with E-state index in [0.29, 0.717) is 0 Å². The van der Waals surface area contributed by atoms with Crippen molar-refractivity contribution in [2.24, 2.45) is 0 Å². The Morgan fingerprint density at radius 1 is 0.486 bits per heavy atom. The van der Waals surface area contributed by atoms with E-state index in [2.05, 4.69) is 143 Å². The van der Waals surface area contributed by atoms with E-state index >= 15 is 0 Å². The predicted molar refractivity (Wildman–Crippen MR) is 142 cm³/mol. The van der Waals surface area contributed by atoms with Crippen molar-refractivity contribution in [2.45, 2.75) is 71.4 Å². The first-order chi connectivity index (χ1) is 15.9. The second kappa shape index (κ2) is 12.3. The number of allylic oxidation sites excluding steroid dienone is 4. The van der Waals surface area contributed by atoms with Gasteiger partial charge in [0.2, 0.25) is 0 Å². The van der Waals surface area contributed by atoms with Crippen LogP contribution in [0.15, 0.2) is 77.4 Å². The molecule has 0 fully saturated rings. The Balaban J connectivity index is 0.00000228. The van der Waals surface area contributed by atoms with Gasteiger partial charge in [0.1, 0.15) is 0 Å². The topological polar surface area (TPSA) is 0 Å². The number of halogens is 3. The maximum atomic E-state index is 2.48. The molecule has 1 aliphatic carbocycles. The third kappa shape index (κ3) is 5.57. The van der Waals surface area contributed by atoms with Crippen LogP contribution < -0.4 is 37.2 Å². The van der Waals surface area contributed by atoms with Gasteiger partial charge in [-0.1, -0.05) is 0 Å². The second-order valence-electron chi connectivity index (χ2n) is 10.8. The van der Waals surface area contributed by atoms with E-state index in [-0.39, 0.29) is 46.4 Å². The SMILES string of the molecule is CC1=CC(C)=C(C)[C]1([Ti+3])C(c1cc(C)cc(C)c1)(c1cc(C)cc(C)c1)c1cc(C)cc(C)c1.[Cl-].[Cl-].[Cl-]. The second-order valence-corrected chi connectivity index (χ2v) is 11.9. The molecule has 0 heterocycles. The van der Waals surface area contributed by atoms with Crippen LogP contribution in [0, 0.1) is 41.5 Å². The first-order valence-corrected chi connectivity index (χ1v) is 13.1. The standard InChI is InChI=1S/C33H37.3ClH.Ti/c1-20-10-21(2)14-29(13-20)33(30-15-22(3)11-23(4)16-30,31-17-24(5)12-25(6)18-31)32-27(8)19-26(7)28(32)9;;;;/h10-19H,1-9H3;3*1H;/q;;;;+3/p-3. The third-order valence-corrected chi connectivity index (χ3v) is 9.49. The number of rotatable bonds is 4. The summed E-state index contributed by atoms with van der Waals surface area (Å²) in [6, 6.07) is 21.5. The first kappa shape index (κ1) is 33.8. The largest absolute Gasteiger partial charge is 1.00 e. The zero-order chi connectivity index (χ0) is 25.0. The molecule has 0 saturated carbocycles. The minimum Gasteiger partial charge on any atom is -1.00 e. The van der Waals surface area contributed by atoms with Gasteiger partial charge >= 0.3 is 219 Å². The molecule has 0 bridgehead atoms. The molecule has 37 heavy (non-hydrogen) atoms. The molecule has 0 nitrogen and oxygen atoms in total. The number of hydrogen-bond acceptors (Lipinski definition) is 0. The molecule has 0 saturated heterocycles. The molecule has 1 aliphatic rings. The third-order valence-electron chi connectivity index (χ3n) is 7.71. The maximum absolute atomic E-state index is 2.48. The normalized spacial score (nSPS) is 17.0. The zero-order valence-corrected chi connectivity index (χ0v) is 27.2. The van der Waals surface area contributed by atoms with Crippen LogP contribution in [0.2, 0.25) is 3.72 Å². The van der Waals surface area contributed by atoms with E-state index in [4.69, 9.17) is 0 Å². The molecule has 3 aromatic carbocycles. The van der Waals surface area contributed by atoms with Crippen molar-refractivity contribution in [3.63, 3.8) is 0 Å². The van der Waals surface area contributed by atoms with Crippen molar-refractivity contribution >= 4 is 0 Å². The van der Waals surface area contributed by atoms with Gasteiger partial charge in [-0.15, -0.1) is 0 Å². The van der Waals surface area contributed by atoms with Crippen LogP contribution in [0.25, 0.3) is 0 Å². The van der Waals surface area contributed by atoms with Crippen LogP contribution in [0.1, 0.15) is 70.8 Å². The van der Waals surface area contributed by atoms with Crippen LogP contribution in [-0.4, -0.2) is 0 Å². The summed E-state index contributed by atoms with van der Waals surface area (Å²) in [6.07, 6.45) is 2.41. The van der Waals surface area contributed by atoms with Gasteiger partial charge in [0.25, 0.3) is 0 Å². The Bertz CT molecular complexity index is 1180. The molecule has 4 rings (SSSR count). The molecule has 0 aliphatic heterocycles. The summed E-state index contributed by atoms with van der Waals surface area (Å²) in [5, 5.41) is 0. The van der Waals surface area contributed by atoms with Crippen LogP contribution in [0.3, 0.4) is 0 Å². The van der Waals surface area contributed by atoms with Gasteiger partial charge in [-0.05, 0) is 0 Å². The van der Waals surface area contributed by atoms with Gasteiger partial charge in [0, 0.05) is 0 Å². The number of benzene rings is 3. The molecule has 3 aromatic rings. The molecule has 0 aromatic heterocycles. The molecule has 1 atom stereocenters. The fourth-order valence-corrected chi connectivity index (χ4v) is 7.53. The molecular formula is C33H37Cl3Ti. The zero-order valence-electron chi connectivity index (χ0n) is 23.4. The summed E-state index contributed by atoms with van der Waals surface area (Å²) in [7, 11) is 0. The summed E-state index contributed by atoms with van der Waals surface area (Å²) < 4.78 is -0.197. The summed E-state index contributed by atoms with van der Waals surface area (Å²) in [6.45, 7) is 20.4. The molecule has 0 amide bonds. The Morgan fingerprint density at radius 2 is 0.757 bits per heavy atom. The van der Waals surface area contributed by atoms with Crippen molar-refractivity contribution < 1.29 is 57.7 Å². The van der Waals surface area contributed by atoms with Gasteiger partial charge in [-0.2, -0.15) is 0 Å². The summed E-state index contributed by atoms with van der Waals surface area (Å²) in [5.41, 5.74) is 15.9. The molecule has 1 unspecified atom stereocenters. The van der Waals surface area contributed by atoms with E-state index < -0.39 is 0 Å². The first-order valence-electron chi connectivity index (χ1n) is 12.3. The van der Waals surface area contributed by atoms with E-state index in [1.807, 2.05) is 0 Å². The van der Waals surface area contributed by atoms with E-state index in [1.54, 1.807) is 0 Å². The summed E-state index contributed by atoms with van der Waals surface area (Å²) >= 11 is 2.48. The van der Waals surface area contributed by atoms with Crippen LogP contribution >= 0.6 is 0 Å². The predicted octanol–water partition coefficient (Wildman–Crippen LogP) is -0.115. The van der Waals surface area contributed by atoms with E-state index in [1.165, 1.54) is 66.8 Å². The summed E-state index contributed by atoms with van der Waals surface area (Å²) in [5.74, 6) is 0. The van der Waals surface area contributed by atoms with Crippen molar-refractivity contribution in [2.75, 3.05) is 0 Å². The number of aryl methyl sites for hydroxylation is 6. The average Bonchev–Trinajstić information content (AvgIpc) is 2.90. The molecule has 194 valence electrons. The molecular weight excluding hydrogens is 551 g/mol. The Labute approximate surface area is 255 Å². The van der Waals surface area contributed by atoms with Gasteiger partial charge in [-0.25, -0.2) is 0 Å². The van der Waals surface area contributed by atoms with Crippen molar-refractivity contribution in [3.05, 3.63) is 127 Å². The van der Waals surface area contributed by atoms with Crippen LogP contribution in [0.5, 0.6) is 0 Å². The number of hydrogen-bond donors (Lipinski definition) is 0. The minimum atomic E-state index is -0.361. The molecule has 0 N–H and O–H groups in total. The summed E-state index contributed by atoms with van der Waals surface area (Å²) in [4.78, 5) is 0. The quantitative estimate of drug-likeness (QED) is 0.295. The molecule has 0 radical (unpaired) electrons. The Hall–Kier alpha value is -1.28. The van der Waals surface area contributed by atoms with Crippen LogP contribution in [0.4, 0.5) is 0 Å². The molecule has 4 heteroatoms. The Morgan fingerprint density at radius 3 is 0.973 bits per heavy atom. The maximum Gasteiger partial charge on any atom is -1.00 e. The minimum absolute atomic E-state index is 0. The smallest absolute Gasteiger partial charge is 1.00 e. The molecule has 0 spiro atoms. The van der Waals surface area contributed by atoms with Crippen molar-refractivity contribution in [1.82, 2.24) is 0 Å². The fourth-order valence-electron chi connectivity index (χ4n) is 6.43. The van der Waals surface area contributed by atoms with Gasteiger partial charge in [0.15, 0.2) is 0 Å². The Kier molecular flexibility index (Phi) is 11.2. The van der Waals surface area contributed by atoms with E-state index in [9.17, 15) is 0 Å². The average molecular weight is 588 g/mol.